The minimum Gasteiger partial charge on any atom is -0.481 e. The molecule has 0 amide bonds. The number of rotatable bonds is 12. The second-order valence-electron chi connectivity index (χ2n) is 5.83. The Morgan fingerprint density at radius 2 is 1.41 bits per heavy atom. The highest BCUT2D eigenvalue weighted by atomic mass is 16.5. The van der Waals surface area contributed by atoms with E-state index in [9.17, 15) is 9.59 Å². The van der Waals surface area contributed by atoms with Crippen molar-refractivity contribution in [1.29, 1.82) is 0 Å². The van der Waals surface area contributed by atoms with Gasteiger partial charge < -0.3 is 9.84 Å². The summed E-state index contributed by atoms with van der Waals surface area (Å²) in [5, 5.41) is 8.54. The number of methoxy groups -OCH3 is 1. The predicted molar refractivity (Wildman–Crippen MR) is 91.0 cm³/mol. The number of aliphatic carboxylic acids is 1. The lowest BCUT2D eigenvalue weighted by Crippen LogP contribution is -2.08. The van der Waals surface area contributed by atoms with Gasteiger partial charge in [0.25, 0.3) is 0 Å². The quantitative estimate of drug-likeness (QED) is 0.397. The normalized spacial score (nSPS) is 11.3. The number of ether oxygens (including phenoxy) is 1. The molecule has 0 spiro atoms. The van der Waals surface area contributed by atoms with Crippen LogP contribution in [0.1, 0.15) is 91.4 Å². The molecule has 0 aromatic carbocycles. The third kappa shape index (κ3) is 18.9. The first-order valence-electron chi connectivity index (χ1n) is 8.79. The summed E-state index contributed by atoms with van der Waals surface area (Å²) in [6.07, 6.45) is 12.0. The minimum atomic E-state index is -0.665. The molecule has 22 heavy (non-hydrogen) atoms. The lowest BCUT2D eigenvalue weighted by atomic mass is 10.0. The van der Waals surface area contributed by atoms with Gasteiger partial charge in [0, 0.05) is 6.42 Å². The molecule has 0 fully saturated rings. The molecular formula is C18H36O4. The summed E-state index contributed by atoms with van der Waals surface area (Å²) in [5.74, 6) is -0.908. The predicted octanol–water partition coefficient (Wildman–Crippen LogP) is 5.20. The molecule has 132 valence electrons. The summed E-state index contributed by atoms with van der Waals surface area (Å²) < 4.78 is 4.52. The first-order valence-corrected chi connectivity index (χ1v) is 8.79. The molecule has 0 aliphatic heterocycles. The van der Waals surface area contributed by atoms with Crippen molar-refractivity contribution in [3.8, 4) is 0 Å². The van der Waals surface area contributed by atoms with Gasteiger partial charge in [-0.2, -0.15) is 0 Å². The summed E-state index contributed by atoms with van der Waals surface area (Å²) in [6, 6.07) is 0. The number of carbonyl (C=O) groups is 2. The zero-order chi connectivity index (χ0) is 17.2. The minimum absolute atomic E-state index is 0.0819. The molecular weight excluding hydrogens is 280 g/mol. The van der Waals surface area contributed by atoms with E-state index in [1.165, 1.54) is 45.6 Å². The van der Waals surface area contributed by atoms with Crippen LogP contribution in [0.5, 0.6) is 0 Å². The van der Waals surface area contributed by atoms with Crippen molar-refractivity contribution < 1.29 is 19.4 Å². The summed E-state index contributed by atoms with van der Waals surface area (Å²) in [7, 11) is 1.44. The maximum atomic E-state index is 10.6. The fourth-order valence-corrected chi connectivity index (χ4v) is 1.98. The van der Waals surface area contributed by atoms with Gasteiger partial charge in [-0.1, -0.05) is 72.1 Å². The first kappa shape index (κ1) is 23.2. The van der Waals surface area contributed by atoms with Crippen LogP contribution in [-0.2, 0) is 14.3 Å². The van der Waals surface area contributed by atoms with Crippen molar-refractivity contribution in [1.82, 2.24) is 0 Å². The second-order valence-corrected chi connectivity index (χ2v) is 5.83. The molecule has 0 aliphatic rings. The van der Waals surface area contributed by atoms with E-state index in [0.717, 1.165) is 25.7 Å². The van der Waals surface area contributed by atoms with Crippen molar-refractivity contribution in [3.63, 3.8) is 0 Å². The molecule has 0 radical (unpaired) electrons. The summed E-state index contributed by atoms with van der Waals surface area (Å²) >= 11 is 0. The number of unbranched alkanes of at least 4 members (excludes halogenated alkanes) is 7. The molecule has 0 bridgehead atoms. The molecule has 4 nitrogen and oxygen atoms in total. The Balaban J connectivity index is 0. The van der Waals surface area contributed by atoms with Crippen LogP contribution >= 0.6 is 0 Å². The number of carbonyl (C=O) groups excluding carboxylic acids is 1. The highest BCUT2D eigenvalue weighted by Crippen LogP contribution is 2.10. The van der Waals surface area contributed by atoms with E-state index >= 15 is 0 Å². The molecule has 1 unspecified atom stereocenters. The Labute approximate surface area is 136 Å². The molecule has 0 aromatic heterocycles. The third-order valence-corrected chi connectivity index (χ3v) is 3.62. The maximum absolute atomic E-state index is 10.6. The maximum Gasteiger partial charge on any atom is 0.306 e. The molecule has 0 heterocycles. The van der Waals surface area contributed by atoms with E-state index in [-0.39, 0.29) is 11.9 Å². The Hall–Kier alpha value is -1.06. The van der Waals surface area contributed by atoms with Gasteiger partial charge >= 0.3 is 11.9 Å². The van der Waals surface area contributed by atoms with Crippen molar-refractivity contribution in [2.45, 2.75) is 91.4 Å². The van der Waals surface area contributed by atoms with E-state index in [2.05, 4.69) is 18.6 Å². The van der Waals surface area contributed by atoms with E-state index in [1.807, 2.05) is 0 Å². The van der Waals surface area contributed by atoms with Crippen LogP contribution in [0, 0.1) is 5.92 Å². The third-order valence-electron chi connectivity index (χ3n) is 3.62. The molecule has 4 heteroatoms. The van der Waals surface area contributed by atoms with Gasteiger partial charge in [-0.25, -0.2) is 0 Å². The molecule has 1 atom stereocenters. The monoisotopic (exact) mass is 316 g/mol. The van der Waals surface area contributed by atoms with Crippen LogP contribution in [0.2, 0.25) is 0 Å². The summed E-state index contributed by atoms with van der Waals surface area (Å²) in [5.41, 5.74) is 0. The smallest absolute Gasteiger partial charge is 0.306 e. The molecule has 0 aliphatic carbocycles. The average molecular weight is 316 g/mol. The highest BCUT2D eigenvalue weighted by molar-refractivity contribution is 5.69. The van der Waals surface area contributed by atoms with E-state index in [1.54, 1.807) is 6.92 Å². The molecule has 0 rings (SSSR count). The summed E-state index contributed by atoms with van der Waals surface area (Å²) in [4.78, 5) is 21.0. The Bertz CT molecular complexity index is 262. The van der Waals surface area contributed by atoms with Crippen LogP contribution in [0.4, 0.5) is 0 Å². The van der Waals surface area contributed by atoms with Gasteiger partial charge in [0.2, 0.25) is 0 Å². The van der Waals surface area contributed by atoms with E-state index < -0.39 is 5.97 Å². The van der Waals surface area contributed by atoms with Gasteiger partial charge in [0.15, 0.2) is 0 Å². The van der Waals surface area contributed by atoms with Crippen LogP contribution in [0.15, 0.2) is 0 Å². The number of esters is 1. The zero-order valence-corrected chi connectivity index (χ0v) is 15.0. The number of hydrogen-bond acceptors (Lipinski definition) is 3. The Morgan fingerprint density at radius 3 is 1.86 bits per heavy atom. The molecule has 0 saturated carbocycles. The van der Waals surface area contributed by atoms with Crippen molar-refractivity contribution >= 4 is 11.9 Å². The van der Waals surface area contributed by atoms with E-state index in [4.69, 9.17) is 5.11 Å². The van der Waals surface area contributed by atoms with Crippen molar-refractivity contribution in [2.75, 3.05) is 7.11 Å². The van der Waals surface area contributed by atoms with Crippen LogP contribution < -0.4 is 0 Å². The number of carboxylic acids is 1. The molecule has 0 aromatic rings. The van der Waals surface area contributed by atoms with Gasteiger partial charge in [-0.15, -0.1) is 0 Å². The molecule has 1 N–H and O–H groups in total. The Kier molecular flexibility index (Phi) is 19.0. The fraction of sp³-hybridized carbons (Fsp3) is 0.889. The first-order chi connectivity index (χ1) is 10.5. The van der Waals surface area contributed by atoms with Crippen molar-refractivity contribution in [2.24, 2.45) is 5.92 Å². The van der Waals surface area contributed by atoms with Gasteiger partial charge in [0.05, 0.1) is 13.0 Å². The van der Waals surface area contributed by atoms with E-state index in [0.29, 0.717) is 6.42 Å². The second kappa shape index (κ2) is 18.0. The standard InChI is InChI=1S/2C9H18O2/c1-3-4-5-6-7-8-9(10)11-2;1-3-4-5-6-7-8(2)9(10)11/h3-8H2,1-2H3;8H,3-7H2,1-2H3,(H,10,11). The van der Waals surface area contributed by atoms with Gasteiger partial charge in [-0.3, -0.25) is 9.59 Å². The van der Waals surface area contributed by atoms with Gasteiger partial charge in [-0.05, 0) is 12.8 Å². The highest BCUT2D eigenvalue weighted by Gasteiger charge is 2.08. The van der Waals surface area contributed by atoms with Gasteiger partial charge in [0.1, 0.15) is 0 Å². The van der Waals surface area contributed by atoms with Crippen LogP contribution in [0.25, 0.3) is 0 Å². The Morgan fingerprint density at radius 1 is 0.909 bits per heavy atom. The SMILES string of the molecule is CCCCCCC(C)C(=O)O.CCCCCCCC(=O)OC. The lowest BCUT2D eigenvalue weighted by Gasteiger charge is -2.04. The number of carboxylic acid groups (broad SMARTS) is 1. The lowest BCUT2D eigenvalue weighted by molar-refractivity contribution is -0.142. The van der Waals surface area contributed by atoms with Crippen molar-refractivity contribution in [3.05, 3.63) is 0 Å². The number of hydrogen-bond donors (Lipinski definition) is 1. The van der Waals surface area contributed by atoms with Crippen LogP contribution in [-0.4, -0.2) is 24.2 Å². The topological polar surface area (TPSA) is 63.6 Å². The largest absolute Gasteiger partial charge is 0.481 e. The molecule has 0 saturated heterocycles. The van der Waals surface area contributed by atoms with Crippen LogP contribution in [0.3, 0.4) is 0 Å². The summed E-state index contributed by atoms with van der Waals surface area (Å²) in [6.45, 7) is 6.11. The zero-order valence-electron chi connectivity index (χ0n) is 15.0. The fourth-order valence-electron chi connectivity index (χ4n) is 1.98. The average Bonchev–Trinajstić information content (AvgIpc) is 2.51.